The molecular weight excluding hydrogens is 372 g/mol. The van der Waals surface area contributed by atoms with Crippen molar-refractivity contribution in [1.29, 1.82) is 0 Å². The SMILES string of the molecule is Cc1ccc2c(c1)nnn2C1(c2ccccc2)OC(=O)c2cccc([N+](=O)[O-])c21. The summed E-state index contributed by atoms with van der Waals surface area (Å²) in [5.41, 5.74) is 1.16. The van der Waals surface area contributed by atoms with Crippen LogP contribution in [0.15, 0.2) is 66.7 Å². The second-order valence-electron chi connectivity index (χ2n) is 6.85. The molecule has 8 nitrogen and oxygen atoms in total. The van der Waals surface area contributed by atoms with E-state index in [2.05, 4.69) is 10.3 Å². The standard InChI is InChI=1S/C21H14N4O4/c1-13-10-11-17-16(12-13)22-23-24(17)21(14-6-3-2-4-7-14)19-15(20(26)29-21)8-5-9-18(19)25(27)28/h2-12H,1H3. The Balaban J connectivity index is 1.94. The van der Waals surface area contributed by atoms with Gasteiger partial charge in [-0.15, -0.1) is 5.10 Å². The van der Waals surface area contributed by atoms with Gasteiger partial charge in [-0.1, -0.05) is 47.7 Å². The van der Waals surface area contributed by atoms with Gasteiger partial charge in [-0.05, 0) is 30.7 Å². The molecule has 0 N–H and O–H groups in total. The Bertz CT molecular complexity index is 1300. The number of nitro groups is 1. The number of hydrogen-bond acceptors (Lipinski definition) is 6. The van der Waals surface area contributed by atoms with Gasteiger partial charge in [-0.3, -0.25) is 10.1 Å². The highest BCUT2D eigenvalue weighted by molar-refractivity contribution is 5.97. The Morgan fingerprint density at radius 2 is 1.86 bits per heavy atom. The molecule has 1 unspecified atom stereocenters. The van der Waals surface area contributed by atoms with Crippen LogP contribution < -0.4 is 0 Å². The van der Waals surface area contributed by atoms with Gasteiger partial charge >= 0.3 is 5.97 Å². The van der Waals surface area contributed by atoms with Gasteiger partial charge in [0.2, 0.25) is 0 Å². The summed E-state index contributed by atoms with van der Waals surface area (Å²) in [5.74, 6) is -0.650. The minimum Gasteiger partial charge on any atom is -0.424 e. The van der Waals surface area contributed by atoms with Crippen LogP contribution in [-0.4, -0.2) is 25.9 Å². The van der Waals surface area contributed by atoms with Crippen LogP contribution in [0.4, 0.5) is 5.69 Å². The lowest BCUT2D eigenvalue weighted by Crippen LogP contribution is -2.38. The second-order valence-corrected chi connectivity index (χ2v) is 6.85. The van der Waals surface area contributed by atoms with Crippen LogP contribution in [0.2, 0.25) is 0 Å². The van der Waals surface area contributed by atoms with Crippen LogP contribution >= 0.6 is 0 Å². The number of nitrogens with zero attached hydrogens (tertiary/aromatic N) is 4. The summed E-state index contributed by atoms with van der Waals surface area (Å²) >= 11 is 0. The number of rotatable bonds is 3. The van der Waals surface area contributed by atoms with Gasteiger partial charge in [0, 0.05) is 11.6 Å². The molecule has 8 heteroatoms. The molecule has 29 heavy (non-hydrogen) atoms. The number of benzene rings is 3. The van der Waals surface area contributed by atoms with Gasteiger partial charge in [0.05, 0.1) is 16.0 Å². The third kappa shape index (κ3) is 2.29. The molecule has 1 aliphatic heterocycles. The average molecular weight is 386 g/mol. The lowest BCUT2D eigenvalue weighted by molar-refractivity contribution is -0.386. The predicted octanol–water partition coefficient (Wildman–Crippen LogP) is 3.57. The van der Waals surface area contributed by atoms with Crippen LogP contribution in [0.3, 0.4) is 0 Å². The summed E-state index contributed by atoms with van der Waals surface area (Å²) in [6.45, 7) is 1.93. The highest BCUT2D eigenvalue weighted by atomic mass is 16.6. The number of aryl methyl sites for hydroxylation is 1. The first kappa shape index (κ1) is 17.1. The topological polar surface area (TPSA) is 100 Å². The summed E-state index contributed by atoms with van der Waals surface area (Å²) in [6, 6.07) is 18.8. The largest absolute Gasteiger partial charge is 0.424 e. The van der Waals surface area contributed by atoms with E-state index in [9.17, 15) is 14.9 Å². The number of cyclic esters (lactones) is 1. The molecule has 0 fully saturated rings. The van der Waals surface area contributed by atoms with E-state index in [4.69, 9.17) is 4.74 Å². The smallest absolute Gasteiger partial charge is 0.341 e. The number of aromatic nitrogens is 3. The zero-order valence-electron chi connectivity index (χ0n) is 15.3. The van der Waals surface area contributed by atoms with E-state index in [1.54, 1.807) is 24.3 Å². The van der Waals surface area contributed by atoms with Crippen molar-refractivity contribution >= 4 is 22.7 Å². The number of ether oxygens (including phenoxy) is 1. The van der Waals surface area contributed by atoms with Crippen LogP contribution in [-0.2, 0) is 10.5 Å². The molecule has 0 saturated carbocycles. The van der Waals surface area contributed by atoms with E-state index in [0.29, 0.717) is 16.6 Å². The Labute approximate surface area is 164 Å². The fraction of sp³-hybridized carbons (Fsp3) is 0.0952. The van der Waals surface area contributed by atoms with Gasteiger partial charge in [0.25, 0.3) is 11.4 Å². The second kappa shape index (κ2) is 5.96. The van der Waals surface area contributed by atoms with E-state index in [1.807, 2.05) is 31.2 Å². The van der Waals surface area contributed by atoms with Crippen molar-refractivity contribution < 1.29 is 14.5 Å². The highest BCUT2D eigenvalue weighted by Crippen LogP contribution is 2.47. The maximum atomic E-state index is 12.8. The first-order valence-electron chi connectivity index (χ1n) is 8.91. The number of hydrogen-bond donors (Lipinski definition) is 0. The Hall–Kier alpha value is -4.07. The maximum absolute atomic E-state index is 12.8. The van der Waals surface area contributed by atoms with E-state index in [0.717, 1.165) is 5.56 Å². The molecule has 0 bridgehead atoms. The van der Waals surface area contributed by atoms with Crippen LogP contribution in [0.1, 0.15) is 27.0 Å². The summed E-state index contributed by atoms with van der Waals surface area (Å²) in [7, 11) is 0. The minimum absolute atomic E-state index is 0.138. The summed E-state index contributed by atoms with van der Waals surface area (Å²) in [5, 5.41) is 20.3. The summed E-state index contributed by atoms with van der Waals surface area (Å²) in [4.78, 5) is 24.2. The van der Waals surface area contributed by atoms with Crippen molar-refractivity contribution in [2.45, 2.75) is 12.6 Å². The Kier molecular flexibility index (Phi) is 3.51. The molecule has 0 amide bonds. The van der Waals surface area contributed by atoms with Gasteiger partial charge in [0.15, 0.2) is 0 Å². The number of fused-ring (bicyclic) bond motifs is 2. The van der Waals surface area contributed by atoms with Gasteiger partial charge in [-0.25, -0.2) is 4.79 Å². The first-order chi connectivity index (χ1) is 14.0. The Morgan fingerprint density at radius 1 is 1.07 bits per heavy atom. The van der Waals surface area contributed by atoms with Crippen molar-refractivity contribution in [3.63, 3.8) is 0 Å². The Morgan fingerprint density at radius 3 is 2.62 bits per heavy atom. The normalized spacial score (nSPS) is 17.9. The summed E-state index contributed by atoms with van der Waals surface area (Å²) in [6.07, 6.45) is 0. The van der Waals surface area contributed by atoms with Crippen LogP contribution in [0.5, 0.6) is 0 Å². The minimum atomic E-state index is -1.64. The van der Waals surface area contributed by atoms with Crippen molar-refractivity contribution in [3.05, 3.63) is 99.1 Å². The van der Waals surface area contributed by atoms with E-state index < -0.39 is 16.6 Å². The molecule has 2 heterocycles. The van der Waals surface area contributed by atoms with Crippen molar-refractivity contribution in [1.82, 2.24) is 15.0 Å². The van der Waals surface area contributed by atoms with Crippen molar-refractivity contribution in [3.8, 4) is 0 Å². The molecular formula is C21H14N4O4. The van der Waals surface area contributed by atoms with Crippen LogP contribution in [0, 0.1) is 17.0 Å². The average Bonchev–Trinajstić information content (AvgIpc) is 3.28. The molecule has 0 saturated heterocycles. The quantitative estimate of drug-likeness (QED) is 0.303. The third-order valence-electron chi connectivity index (χ3n) is 5.10. The molecule has 3 aromatic carbocycles. The molecule has 0 spiro atoms. The third-order valence-corrected chi connectivity index (χ3v) is 5.10. The number of nitro benzene ring substituents is 1. The molecule has 1 aromatic heterocycles. The maximum Gasteiger partial charge on any atom is 0.341 e. The number of esters is 1. The van der Waals surface area contributed by atoms with E-state index in [1.165, 1.54) is 22.9 Å². The highest BCUT2D eigenvalue weighted by Gasteiger charge is 2.54. The fourth-order valence-corrected chi connectivity index (χ4v) is 3.86. The molecule has 142 valence electrons. The molecule has 0 aliphatic carbocycles. The molecule has 4 aromatic rings. The number of carbonyl (C=O) groups is 1. The van der Waals surface area contributed by atoms with Crippen molar-refractivity contribution in [2.24, 2.45) is 0 Å². The molecule has 1 aliphatic rings. The first-order valence-corrected chi connectivity index (χ1v) is 8.91. The molecule has 5 rings (SSSR count). The van der Waals surface area contributed by atoms with E-state index in [-0.39, 0.29) is 16.8 Å². The zero-order chi connectivity index (χ0) is 20.2. The number of carbonyl (C=O) groups excluding carboxylic acids is 1. The van der Waals surface area contributed by atoms with Crippen LogP contribution in [0.25, 0.3) is 11.0 Å². The summed E-state index contributed by atoms with van der Waals surface area (Å²) < 4.78 is 7.35. The molecule has 0 radical (unpaired) electrons. The van der Waals surface area contributed by atoms with Gasteiger partial charge in [-0.2, -0.15) is 4.68 Å². The lowest BCUT2D eigenvalue weighted by atomic mass is 9.91. The monoisotopic (exact) mass is 386 g/mol. The van der Waals surface area contributed by atoms with Gasteiger partial charge in [0.1, 0.15) is 11.1 Å². The fourth-order valence-electron chi connectivity index (χ4n) is 3.86. The lowest BCUT2D eigenvalue weighted by Gasteiger charge is -2.29. The zero-order valence-corrected chi connectivity index (χ0v) is 15.3. The van der Waals surface area contributed by atoms with E-state index >= 15 is 0 Å². The predicted molar refractivity (Wildman–Crippen MR) is 103 cm³/mol. The van der Waals surface area contributed by atoms with Crippen molar-refractivity contribution in [2.75, 3.05) is 0 Å². The molecule has 1 atom stereocenters. The van der Waals surface area contributed by atoms with Gasteiger partial charge < -0.3 is 4.74 Å².